The van der Waals surface area contributed by atoms with Crippen molar-refractivity contribution in [2.75, 3.05) is 26.2 Å². The molecule has 25 heavy (non-hydrogen) atoms. The third kappa shape index (κ3) is 3.59. The summed E-state index contributed by atoms with van der Waals surface area (Å²) in [6.07, 6.45) is 0. The van der Waals surface area contributed by atoms with Crippen LogP contribution in [0.1, 0.15) is 17.5 Å². The number of nitrogens with zero attached hydrogens (tertiary/aromatic N) is 5. The Bertz CT molecular complexity index is 926. The minimum atomic E-state index is -0.0778. The third-order valence-electron chi connectivity index (χ3n) is 4.43. The number of hydrogen-bond donors (Lipinski definition) is 1. The second-order valence-electron chi connectivity index (χ2n) is 6.32. The minimum absolute atomic E-state index is 0.0778. The van der Waals surface area contributed by atoms with E-state index >= 15 is 0 Å². The van der Waals surface area contributed by atoms with Gasteiger partial charge in [-0.3, -0.25) is 14.6 Å². The molecule has 1 aliphatic rings. The summed E-state index contributed by atoms with van der Waals surface area (Å²) < 4.78 is 5.18. The number of para-hydroxylation sites is 1. The van der Waals surface area contributed by atoms with Crippen LogP contribution in [-0.4, -0.2) is 56.1 Å². The van der Waals surface area contributed by atoms with Crippen LogP contribution in [-0.2, 0) is 13.1 Å². The predicted octanol–water partition coefficient (Wildman–Crippen LogP) is 0.932. The van der Waals surface area contributed by atoms with E-state index in [1.807, 2.05) is 25.1 Å². The zero-order valence-corrected chi connectivity index (χ0v) is 14.1. The first kappa shape index (κ1) is 15.9. The number of fused-ring (bicyclic) bond motifs is 1. The zero-order chi connectivity index (χ0) is 17.2. The number of nitrogens with one attached hydrogen (secondary N) is 1. The first-order valence-corrected chi connectivity index (χ1v) is 8.39. The molecule has 8 heteroatoms. The van der Waals surface area contributed by atoms with E-state index in [1.54, 1.807) is 6.07 Å². The average Bonchev–Trinajstić information content (AvgIpc) is 3.02. The van der Waals surface area contributed by atoms with Gasteiger partial charge in [-0.1, -0.05) is 17.3 Å². The highest BCUT2D eigenvalue weighted by Crippen LogP contribution is 2.10. The van der Waals surface area contributed by atoms with Gasteiger partial charge in [0.05, 0.1) is 24.0 Å². The van der Waals surface area contributed by atoms with Crippen molar-refractivity contribution >= 4 is 10.9 Å². The summed E-state index contributed by atoms with van der Waals surface area (Å²) in [4.78, 5) is 28.5. The summed E-state index contributed by atoms with van der Waals surface area (Å²) in [5.74, 6) is 2.04. The van der Waals surface area contributed by atoms with Gasteiger partial charge in [0.25, 0.3) is 5.56 Å². The SMILES string of the molecule is Cc1noc(CN2CCN(Cc3nc4ccccc4c(=O)[nH]3)CC2)n1. The Morgan fingerprint density at radius 1 is 1.08 bits per heavy atom. The lowest BCUT2D eigenvalue weighted by molar-refractivity contribution is 0.110. The van der Waals surface area contributed by atoms with E-state index in [1.165, 1.54) is 0 Å². The molecule has 1 saturated heterocycles. The van der Waals surface area contributed by atoms with E-state index in [-0.39, 0.29) is 5.56 Å². The fourth-order valence-electron chi connectivity index (χ4n) is 3.12. The van der Waals surface area contributed by atoms with Gasteiger partial charge in [-0.15, -0.1) is 0 Å². The maximum absolute atomic E-state index is 12.2. The summed E-state index contributed by atoms with van der Waals surface area (Å²) >= 11 is 0. The van der Waals surface area contributed by atoms with Crippen LogP contribution < -0.4 is 5.56 Å². The number of piperazine rings is 1. The van der Waals surface area contributed by atoms with Gasteiger partial charge in [-0.25, -0.2) is 4.98 Å². The largest absolute Gasteiger partial charge is 0.338 e. The summed E-state index contributed by atoms with van der Waals surface area (Å²) in [7, 11) is 0. The predicted molar refractivity (Wildman–Crippen MR) is 92.0 cm³/mol. The van der Waals surface area contributed by atoms with Gasteiger partial charge in [0.1, 0.15) is 5.82 Å². The molecule has 4 rings (SSSR count). The molecule has 8 nitrogen and oxygen atoms in total. The molecule has 0 atom stereocenters. The lowest BCUT2D eigenvalue weighted by atomic mass is 10.2. The molecular weight excluding hydrogens is 320 g/mol. The van der Waals surface area contributed by atoms with Crippen molar-refractivity contribution in [2.45, 2.75) is 20.0 Å². The highest BCUT2D eigenvalue weighted by Gasteiger charge is 2.19. The van der Waals surface area contributed by atoms with Crippen molar-refractivity contribution < 1.29 is 4.52 Å². The number of aromatic amines is 1. The summed E-state index contributed by atoms with van der Waals surface area (Å²) in [5, 5.41) is 4.45. The van der Waals surface area contributed by atoms with E-state index in [9.17, 15) is 4.79 Å². The van der Waals surface area contributed by atoms with Crippen LogP contribution in [0.15, 0.2) is 33.6 Å². The molecule has 1 aliphatic heterocycles. The second kappa shape index (κ2) is 6.73. The molecule has 3 heterocycles. The number of aryl methyl sites for hydroxylation is 1. The topological polar surface area (TPSA) is 91.2 Å². The molecule has 0 aliphatic carbocycles. The molecule has 0 saturated carbocycles. The van der Waals surface area contributed by atoms with Crippen LogP contribution >= 0.6 is 0 Å². The molecule has 3 aromatic rings. The van der Waals surface area contributed by atoms with Crippen molar-refractivity contribution in [1.82, 2.24) is 29.9 Å². The first-order chi connectivity index (χ1) is 12.2. The lowest BCUT2D eigenvalue weighted by Crippen LogP contribution is -2.45. The van der Waals surface area contributed by atoms with Crippen molar-refractivity contribution in [1.29, 1.82) is 0 Å². The van der Waals surface area contributed by atoms with Crippen molar-refractivity contribution in [3.8, 4) is 0 Å². The van der Waals surface area contributed by atoms with Crippen LogP contribution in [0.25, 0.3) is 10.9 Å². The number of hydrogen-bond acceptors (Lipinski definition) is 7. The van der Waals surface area contributed by atoms with Gasteiger partial charge in [0.15, 0.2) is 5.82 Å². The highest BCUT2D eigenvalue weighted by molar-refractivity contribution is 5.77. The molecule has 0 radical (unpaired) electrons. The Morgan fingerprint density at radius 3 is 2.52 bits per heavy atom. The molecule has 0 spiro atoms. The number of benzene rings is 1. The summed E-state index contributed by atoms with van der Waals surface area (Å²) in [6, 6.07) is 7.42. The molecule has 130 valence electrons. The van der Waals surface area contributed by atoms with Crippen molar-refractivity contribution in [3.63, 3.8) is 0 Å². The van der Waals surface area contributed by atoms with Gasteiger partial charge in [0.2, 0.25) is 5.89 Å². The minimum Gasteiger partial charge on any atom is -0.338 e. The van der Waals surface area contributed by atoms with E-state index in [2.05, 4.69) is 29.9 Å². The molecule has 1 aromatic carbocycles. The van der Waals surface area contributed by atoms with Crippen LogP contribution in [0, 0.1) is 6.92 Å². The molecule has 2 aromatic heterocycles. The molecule has 0 amide bonds. The molecule has 1 N–H and O–H groups in total. The standard InChI is InChI=1S/C17H20N6O2/c1-12-18-16(25-21-12)11-23-8-6-22(7-9-23)10-15-19-14-5-3-2-4-13(14)17(24)20-15/h2-5H,6-11H2,1H3,(H,19,20,24). The van der Waals surface area contributed by atoms with E-state index in [4.69, 9.17) is 4.52 Å². The van der Waals surface area contributed by atoms with Crippen molar-refractivity contribution in [2.24, 2.45) is 0 Å². The Hall–Kier alpha value is -2.58. The summed E-state index contributed by atoms with van der Waals surface area (Å²) in [6.45, 7) is 6.79. The quantitative estimate of drug-likeness (QED) is 0.755. The molecular formula is C17H20N6O2. The monoisotopic (exact) mass is 340 g/mol. The van der Waals surface area contributed by atoms with Crippen molar-refractivity contribution in [3.05, 3.63) is 52.2 Å². The van der Waals surface area contributed by atoms with Gasteiger partial charge in [0, 0.05) is 26.2 Å². The Labute approximate surface area is 144 Å². The van der Waals surface area contributed by atoms with Crippen LogP contribution in [0.5, 0.6) is 0 Å². The van der Waals surface area contributed by atoms with Crippen LogP contribution in [0.2, 0.25) is 0 Å². The van der Waals surface area contributed by atoms with E-state index in [0.29, 0.717) is 36.0 Å². The lowest BCUT2D eigenvalue weighted by Gasteiger charge is -2.33. The van der Waals surface area contributed by atoms with Gasteiger partial charge < -0.3 is 9.51 Å². The Kier molecular flexibility index (Phi) is 4.29. The summed E-state index contributed by atoms with van der Waals surface area (Å²) in [5.41, 5.74) is 0.664. The first-order valence-electron chi connectivity index (χ1n) is 8.39. The maximum atomic E-state index is 12.2. The highest BCUT2D eigenvalue weighted by atomic mass is 16.5. The van der Waals surface area contributed by atoms with E-state index in [0.717, 1.165) is 31.7 Å². The molecule has 0 bridgehead atoms. The second-order valence-corrected chi connectivity index (χ2v) is 6.32. The normalized spacial score (nSPS) is 16.5. The van der Waals surface area contributed by atoms with Gasteiger partial charge in [-0.2, -0.15) is 4.98 Å². The van der Waals surface area contributed by atoms with E-state index < -0.39 is 0 Å². The number of aromatic nitrogens is 4. The number of H-pyrrole nitrogens is 1. The fourth-order valence-corrected chi connectivity index (χ4v) is 3.12. The Morgan fingerprint density at radius 2 is 1.80 bits per heavy atom. The van der Waals surface area contributed by atoms with Crippen LogP contribution in [0.3, 0.4) is 0 Å². The maximum Gasteiger partial charge on any atom is 0.258 e. The number of rotatable bonds is 4. The van der Waals surface area contributed by atoms with Gasteiger partial charge in [-0.05, 0) is 19.1 Å². The van der Waals surface area contributed by atoms with Gasteiger partial charge >= 0.3 is 0 Å². The molecule has 0 unspecified atom stereocenters. The molecule has 1 fully saturated rings. The van der Waals surface area contributed by atoms with Crippen LogP contribution in [0.4, 0.5) is 0 Å². The third-order valence-corrected chi connectivity index (χ3v) is 4.43. The average molecular weight is 340 g/mol. The fraction of sp³-hybridized carbons (Fsp3) is 0.412. The zero-order valence-electron chi connectivity index (χ0n) is 14.1. The Balaban J connectivity index is 1.38. The smallest absolute Gasteiger partial charge is 0.258 e.